The van der Waals surface area contributed by atoms with E-state index < -0.39 is 0 Å². The lowest BCUT2D eigenvalue weighted by Crippen LogP contribution is -2.11. The first-order chi connectivity index (χ1) is 8.20. The first kappa shape index (κ1) is 11.1. The van der Waals surface area contributed by atoms with E-state index in [1.807, 2.05) is 37.4 Å². The van der Waals surface area contributed by atoms with E-state index in [-0.39, 0.29) is 10.6 Å². The minimum absolute atomic E-state index is 0.110. The quantitative estimate of drug-likeness (QED) is 0.597. The Bertz CT molecular complexity index is 526. The summed E-state index contributed by atoms with van der Waals surface area (Å²) in [6.45, 7) is 0. The second kappa shape index (κ2) is 4.65. The Morgan fingerprint density at radius 1 is 1.00 bits per heavy atom. The zero-order chi connectivity index (χ0) is 12.3. The molecule has 0 unspecified atom stereocenters. The molecule has 0 saturated carbocycles. The summed E-state index contributed by atoms with van der Waals surface area (Å²) in [5.74, 6) is 0. The molecule has 4 heteroatoms. The third-order valence-corrected chi connectivity index (χ3v) is 2.58. The maximum atomic E-state index is 10.9. The number of nitro benzene ring substituents is 1. The summed E-state index contributed by atoms with van der Waals surface area (Å²) in [4.78, 5) is 12.4. The van der Waals surface area contributed by atoms with Crippen molar-refractivity contribution in [3.8, 4) is 0 Å². The summed E-state index contributed by atoms with van der Waals surface area (Å²) in [5.41, 5.74) is 1.62. The Morgan fingerprint density at radius 3 is 2.24 bits per heavy atom. The molecule has 0 aliphatic heterocycles. The van der Waals surface area contributed by atoms with Gasteiger partial charge in [0.05, 0.1) is 4.92 Å². The van der Waals surface area contributed by atoms with Crippen LogP contribution >= 0.6 is 0 Å². The zero-order valence-corrected chi connectivity index (χ0v) is 9.41. The van der Waals surface area contributed by atoms with Gasteiger partial charge in [-0.2, -0.15) is 0 Å². The van der Waals surface area contributed by atoms with Crippen molar-refractivity contribution in [1.29, 1.82) is 0 Å². The first-order valence-corrected chi connectivity index (χ1v) is 5.22. The fourth-order valence-corrected chi connectivity index (χ4v) is 1.69. The third kappa shape index (κ3) is 2.25. The van der Waals surface area contributed by atoms with E-state index in [9.17, 15) is 10.1 Å². The molecule has 0 aliphatic rings. The summed E-state index contributed by atoms with van der Waals surface area (Å²) in [7, 11) is 1.82. The molecule has 0 fully saturated rings. The van der Waals surface area contributed by atoms with Gasteiger partial charge >= 0.3 is 0 Å². The predicted molar refractivity (Wildman–Crippen MR) is 67.6 cm³/mol. The molecule has 0 N–H and O–H groups in total. The summed E-state index contributed by atoms with van der Waals surface area (Å²) in [5, 5.41) is 10.9. The highest BCUT2D eigenvalue weighted by Crippen LogP contribution is 2.31. The maximum Gasteiger partial charge on any atom is 0.292 e. The Hall–Kier alpha value is -2.36. The van der Waals surface area contributed by atoms with Gasteiger partial charge < -0.3 is 4.90 Å². The van der Waals surface area contributed by atoms with Crippen molar-refractivity contribution in [3.05, 3.63) is 64.7 Å². The van der Waals surface area contributed by atoms with Gasteiger partial charge in [-0.1, -0.05) is 30.3 Å². The van der Waals surface area contributed by atoms with Crippen molar-refractivity contribution >= 4 is 17.1 Å². The van der Waals surface area contributed by atoms with Crippen LogP contribution < -0.4 is 4.90 Å². The van der Waals surface area contributed by atoms with Gasteiger partial charge in [0.2, 0.25) is 0 Å². The van der Waals surface area contributed by atoms with Crippen LogP contribution in [0.4, 0.5) is 17.1 Å². The van der Waals surface area contributed by atoms with Crippen molar-refractivity contribution in [3.63, 3.8) is 0 Å². The van der Waals surface area contributed by atoms with Crippen molar-refractivity contribution in [2.24, 2.45) is 0 Å². The van der Waals surface area contributed by atoms with Gasteiger partial charge in [-0.05, 0) is 18.2 Å². The van der Waals surface area contributed by atoms with Crippen LogP contribution in [0.3, 0.4) is 0 Å². The van der Waals surface area contributed by atoms with Crippen LogP contribution in [0.15, 0.2) is 54.6 Å². The van der Waals surface area contributed by atoms with Crippen LogP contribution in [0.1, 0.15) is 0 Å². The highest BCUT2D eigenvalue weighted by molar-refractivity contribution is 5.71. The Morgan fingerprint density at radius 2 is 1.59 bits per heavy atom. The second-order valence-electron chi connectivity index (χ2n) is 3.64. The number of benzene rings is 2. The summed E-state index contributed by atoms with van der Waals surface area (Å²) in [6.07, 6.45) is 0. The Labute approximate surface area is 99.3 Å². The van der Waals surface area contributed by atoms with Crippen LogP contribution in [-0.4, -0.2) is 12.0 Å². The van der Waals surface area contributed by atoms with E-state index in [0.717, 1.165) is 5.69 Å². The third-order valence-electron chi connectivity index (χ3n) is 2.58. The van der Waals surface area contributed by atoms with Crippen molar-refractivity contribution in [2.45, 2.75) is 0 Å². The summed E-state index contributed by atoms with van der Waals surface area (Å²) < 4.78 is 0. The number of hydrogen-bond donors (Lipinski definition) is 0. The Kier molecular flexibility index (Phi) is 3.05. The van der Waals surface area contributed by atoms with Gasteiger partial charge in [-0.25, -0.2) is 0 Å². The van der Waals surface area contributed by atoms with E-state index >= 15 is 0 Å². The molecule has 0 radical (unpaired) electrons. The number of nitrogens with zero attached hydrogens (tertiary/aromatic N) is 2. The highest BCUT2D eigenvalue weighted by atomic mass is 16.6. The van der Waals surface area contributed by atoms with E-state index in [1.54, 1.807) is 23.1 Å². The maximum absolute atomic E-state index is 10.9. The lowest BCUT2D eigenvalue weighted by atomic mass is 10.2. The number of hydrogen-bond acceptors (Lipinski definition) is 3. The van der Waals surface area contributed by atoms with Crippen molar-refractivity contribution < 1.29 is 4.92 Å². The molecule has 0 aromatic heterocycles. The molecule has 2 aromatic carbocycles. The van der Waals surface area contributed by atoms with Crippen LogP contribution in [-0.2, 0) is 0 Å². The highest BCUT2D eigenvalue weighted by Gasteiger charge is 2.16. The molecule has 0 amide bonds. The van der Waals surface area contributed by atoms with Gasteiger partial charge in [-0.3, -0.25) is 10.1 Å². The molecule has 2 rings (SSSR count). The van der Waals surface area contributed by atoms with E-state index in [4.69, 9.17) is 0 Å². The second-order valence-corrected chi connectivity index (χ2v) is 3.64. The van der Waals surface area contributed by atoms with Gasteiger partial charge in [0.15, 0.2) is 0 Å². The van der Waals surface area contributed by atoms with Crippen LogP contribution in [0, 0.1) is 10.1 Å². The fourth-order valence-electron chi connectivity index (χ4n) is 1.69. The molecule has 0 atom stereocenters. The fraction of sp³-hybridized carbons (Fsp3) is 0.0769. The van der Waals surface area contributed by atoms with Gasteiger partial charge in [0, 0.05) is 18.8 Å². The number of nitro groups is 1. The average Bonchev–Trinajstić information content (AvgIpc) is 2.39. The van der Waals surface area contributed by atoms with E-state index in [1.165, 1.54) is 6.07 Å². The number of anilines is 2. The zero-order valence-electron chi connectivity index (χ0n) is 9.41. The molecular weight excluding hydrogens is 216 g/mol. The standard InChI is InChI=1S/C13H12N2O2/c1-14(11-7-3-2-4-8-11)12-9-5-6-10-13(12)15(16)17/h2-10H,1H3. The normalized spacial score (nSPS) is 9.94. The lowest BCUT2D eigenvalue weighted by Gasteiger charge is -2.18. The monoisotopic (exact) mass is 228 g/mol. The van der Waals surface area contributed by atoms with Crippen molar-refractivity contribution in [2.75, 3.05) is 11.9 Å². The van der Waals surface area contributed by atoms with Gasteiger partial charge in [0.25, 0.3) is 5.69 Å². The molecule has 4 nitrogen and oxygen atoms in total. The lowest BCUT2D eigenvalue weighted by molar-refractivity contribution is -0.384. The summed E-state index contributed by atoms with van der Waals surface area (Å²) >= 11 is 0. The number of rotatable bonds is 3. The molecule has 86 valence electrons. The van der Waals surface area contributed by atoms with Gasteiger partial charge in [0.1, 0.15) is 5.69 Å². The summed E-state index contributed by atoms with van der Waals surface area (Å²) in [6, 6.07) is 16.3. The number of para-hydroxylation sites is 3. The van der Waals surface area contributed by atoms with E-state index in [2.05, 4.69) is 0 Å². The SMILES string of the molecule is CN(c1ccccc1)c1ccccc1[N+](=O)[O-]. The molecule has 0 heterocycles. The van der Waals surface area contributed by atoms with Crippen LogP contribution in [0.25, 0.3) is 0 Å². The molecule has 2 aromatic rings. The topological polar surface area (TPSA) is 46.4 Å². The molecule has 0 aliphatic carbocycles. The minimum Gasteiger partial charge on any atom is -0.339 e. The van der Waals surface area contributed by atoms with Crippen molar-refractivity contribution in [1.82, 2.24) is 0 Å². The largest absolute Gasteiger partial charge is 0.339 e. The van der Waals surface area contributed by atoms with E-state index in [0.29, 0.717) is 5.69 Å². The molecule has 0 saturated heterocycles. The smallest absolute Gasteiger partial charge is 0.292 e. The minimum atomic E-state index is -0.366. The van der Waals surface area contributed by atoms with Crippen LogP contribution in [0.2, 0.25) is 0 Å². The molecular formula is C13H12N2O2. The van der Waals surface area contributed by atoms with Crippen LogP contribution in [0.5, 0.6) is 0 Å². The molecule has 0 bridgehead atoms. The average molecular weight is 228 g/mol. The van der Waals surface area contributed by atoms with Gasteiger partial charge in [-0.15, -0.1) is 0 Å². The molecule has 17 heavy (non-hydrogen) atoms. The first-order valence-electron chi connectivity index (χ1n) is 5.22. The predicted octanol–water partition coefficient (Wildman–Crippen LogP) is 3.36. The molecule has 0 spiro atoms. The Balaban J connectivity index is 2.44.